The molecule has 1 unspecified atom stereocenters. The molecule has 0 aromatic heterocycles. The second kappa shape index (κ2) is 3.58. The van der Waals surface area contributed by atoms with Crippen molar-refractivity contribution in [1.29, 1.82) is 0 Å². The molecule has 1 aromatic carbocycles. The van der Waals surface area contributed by atoms with E-state index in [1.165, 1.54) is 12.5 Å². The molecule has 0 spiro atoms. The van der Waals surface area contributed by atoms with Crippen LogP contribution in [-0.2, 0) is 0 Å². The van der Waals surface area contributed by atoms with Crippen LogP contribution in [0.25, 0.3) is 0 Å². The van der Waals surface area contributed by atoms with E-state index in [1.807, 2.05) is 6.07 Å². The van der Waals surface area contributed by atoms with Gasteiger partial charge in [-0.3, -0.25) is 4.90 Å². The quantitative estimate of drug-likeness (QED) is 0.694. The fourth-order valence-corrected chi connectivity index (χ4v) is 2.10. The van der Waals surface area contributed by atoms with Gasteiger partial charge in [-0.15, -0.1) is 0 Å². The van der Waals surface area contributed by atoms with E-state index < -0.39 is 0 Å². The number of benzene rings is 1. The Bertz CT molecular complexity index is 338. The van der Waals surface area contributed by atoms with E-state index in [0.717, 1.165) is 18.5 Å². The van der Waals surface area contributed by atoms with Crippen molar-refractivity contribution in [2.45, 2.75) is 18.9 Å². The largest absolute Gasteiger partial charge is 0.396 e. The molecule has 1 aromatic rings. The van der Waals surface area contributed by atoms with Crippen molar-refractivity contribution in [2.75, 3.05) is 19.3 Å². The summed E-state index contributed by atoms with van der Waals surface area (Å²) in [5, 5.41) is 0. The van der Waals surface area contributed by atoms with Crippen LogP contribution < -0.4 is 5.73 Å². The van der Waals surface area contributed by atoms with Crippen LogP contribution in [0.4, 0.5) is 10.1 Å². The monoisotopic (exact) mass is 194 g/mol. The first kappa shape index (κ1) is 9.46. The topological polar surface area (TPSA) is 29.3 Å². The van der Waals surface area contributed by atoms with Gasteiger partial charge in [-0.05, 0) is 44.1 Å². The number of hydrogen-bond acceptors (Lipinski definition) is 2. The molecule has 2 nitrogen and oxygen atoms in total. The minimum absolute atomic E-state index is 0.253. The third-order valence-corrected chi connectivity index (χ3v) is 2.93. The number of nitrogens with two attached hydrogens (primary N) is 1. The molecule has 0 bridgehead atoms. The third-order valence-electron chi connectivity index (χ3n) is 2.93. The Hall–Kier alpha value is -1.09. The van der Waals surface area contributed by atoms with E-state index in [2.05, 4.69) is 11.9 Å². The minimum atomic E-state index is -0.325. The Labute approximate surface area is 83.5 Å². The van der Waals surface area contributed by atoms with Crippen LogP contribution in [0.15, 0.2) is 18.2 Å². The maximum atomic E-state index is 12.9. The first-order valence-electron chi connectivity index (χ1n) is 4.93. The molecule has 1 aliphatic heterocycles. The number of halogens is 1. The lowest BCUT2D eigenvalue weighted by molar-refractivity contribution is 0.317. The molecule has 1 aliphatic rings. The van der Waals surface area contributed by atoms with Gasteiger partial charge in [0.1, 0.15) is 5.82 Å². The van der Waals surface area contributed by atoms with Gasteiger partial charge in [0.25, 0.3) is 0 Å². The van der Waals surface area contributed by atoms with E-state index in [-0.39, 0.29) is 11.5 Å². The smallest absolute Gasteiger partial charge is 0.146 e. The van der Waals surface area contributed by atoms with Crippen LogP contribution in [-0.4, -0.2) is 18.5 Å². The van der Waals surface area contributed by atoms with Gasteiger partial charge in [0.2, 0.25) is 0 Å². The highest BCUT2D eigenvalue weighted by Gasteiger charge is 2.22. The van der Waals surface area contributed by atoms with E-state index in [0.29, 0.717) is 6.04 Å². The maximum absolute atomic E-state index is 12.9. The van der Waals surface area contributed by atoms with Gasteiger partial charge >= 0.3 is 0 Å². The van der Waals surface area contributed by atoms with Gasteiger partial charge in [0.15, 0.2) is 0 Å². The molecule has 1 heterocycles. The molecule has 14 heavy (non-hydrogen) atoms. The molecule has 0 saturated carbocycles. The fourth-order valence-electron chi connectivity index (χ4n) is 2.10. The summed E-state index contributed by atoms with van der Waals surface area (Å²) in [5.41, 5.74) is 6.92. The van der Waals surface area contributed by atoms with Gasteiger partial charge in [-0.2, -0.15) is 0 Å². The number of nitrogens with zero attached hydrogens (tertiary/aromatic N) is 1. The van der Waals surface area contributed by atoms with E-state index >= 15 is 0 Å². The lowest BCUT2D eigenvalue weighted by Gasteiger charge is -2.20. The Balaban J connectivity index is 2.28. The predicted molar refractivity (Wildman–Crippen MR) is 55.4 cm³/mol. The van der Waals surface area contributed by atoms with Crippen LogP contribution in [0.3, 0.4) is 0 Å². The van der Waals surface area contributed by atoms with Crippen molar-refractivity contribution in [2.24, 2.45) is 0 Å². The van der Waals surface area contributed by atoms with Crippen molar-refractivity contribution < 1.29 is 4.39 Å². The van der Waals surface area contributed by atoms with Crippen LogP contribution in [0.5, 0.6) is 0 Å². The highest BCUT2D eigenvalue weighted by molar-refractivity contribution is 5.43. The van der Waals surface area contributed by atoms with Crippen molar-refractivity contribution in [1.82, 2.24) is 4.90 Å². The molecular weight excluding hydrogens is 179 g/mol. The van der Waals surface area contributed by atoms with Crippen molar-refractivity contribution in [3.8, 4) is 0 Å². The minimum Gasteiger partial charge on any atom is -0.396 e. The van der Waals surface area contributed by atoms with Crippen molar-refractivity contribution in [3.63, 3.8) is 0 Å². The predicted octanol–water partition coefficient (Wildman–Crippen LogP) is 2.17. The van der Waals surface area contributed by atoms with Gasteiger partial charge < -0.3 is 5.73 Å². The molecule has 0 radical (unpaired) electrons. The number of hydrogen-bond donors (Lipinski definition) is 1. The lowest BCUT2D eigenvalue weighted by Crippen LogP contribution is -2.17. The van der Waals surface area contributed by atoms with Gasteiger partial charge in [0, 0.05) is 6.04 Å². The molecule has 1 fully saturated rings. The Kier molecular flexibility index (Phi) is 2.42. The average Bonchev–Trinajstić information content (AvgIpc) is 2.57. The zero-order chi connectivity index (χ0) is 10.1. The summed E-state index contributed by atoms with van der Waals surface area (Å²) in [6.45, 7) is 1.11. The molecule has 0 amide bonds. The summed E-state index contributed by atoms with van der Waals surface area (Å²) < 4.78 is 12.9. The van der Waals surface area contributed by atoms with Crippen molar-refractivity contribution >= 4 is 5.69 Å². The molecule has 76 valence electrons. The summed E-state index contributed by atoms with van der Waals surface area (Å²) in [5.74, 6) is -0.325. The van der Waals surface area contributed by atoms with Gasteiger partial charge in [0.05, 0.1) is 5.69 Å². The standard InChI is InChI=1S/C11H15FN2/c1-14-6-2-3-11(14)8-4-5-9(12)10(13)7-8/h4-5,7,11H,2-3,6,13H2,1H3. The number of rotatable bonds is 1. The lowest BCUT2D eigenvalue weighted by atomic mass is 10.0. The van der Waals surface area contributed by atoms with Crippen LogP contribution in [0, 0.1) is 5.82 Å². The zero-order valence-electron chi connectivity index (χ0n) is 8.33. The molecule has 3 heteroatoms. The molecule has 0 aliphatic carbocycles. The molecular formula is C11H15FN2. The van der Waals surface area contributed by atoms with Crippen LogP contribution in [0.1, 0.15) is 24.4 Å². The second-order valence-electron chi connectivity index (χ2n) is 3.92. The second-order valence-corrected chi connectivity index (χ2v) is 3.92. The number of nitrogen functional groups attached to an aromatic ring is 1. The Morgan fingerprint density at radius 3 is 2.86 bits per heavy atom. The first-order chi connectivity index (χ1) is 6.68. The average molecular weight is 194 g/mol. The molecule has 1 atom stereocenters. The first-order valence-corrected chi connectivity index (χ1v) is 4.93. The van der Waals surface area contributed by atoms with E-state index in [9.17, 15) is 4.39 Å². The SMILES string of the molecule is CN1CCCC1c1ccc(F)c(N)c1. The van der Waals surface area contributed by atoms with Crippen LogP contribution >= 0.6 is 0 Å². The van der Waals surface area contributed by atoms with Gasteiger partial charge in [-0.1, -0.05) is 6.07 Å². The maximum Gasteiger partial charge on any atom is 0.146 e. The fraction of sp³-hybridized carbons (Fsp3) is 0.455. The van der Waals surface area contributed by atoms with Crippen LogP contribution in [0.2, 0.25) is 0 Å². The summed E-state index contributed by atoms with van der Waals surface area (Å²) >= 11 is 0. The Morgan fingerprint density at radius 2 is 2.29 bits per heavy atom. The molecule has 1 saturated heterocycles. The summed E-state index contributed by atoms with van der Waals surface area (Å²) in [6, 6.07) is 5.45. The molecule has 2 rings (SSSR count). The summed E-state index contributed by atoms with van der Waals surface area (Å²) in [4.78, 5) is 2.28. The molecule has 2 N–H and O–H groups in total. The van der Waals surface area contributed by atoms with Crippen molar-refractivity contribution in [3.05, 3.63) is 29.6 Å². The number of likely N-dealkylation sites (tertiary alicyclic amines) is 1. The highest BCUT2D eigenvalue weighted by atomic mass is 19.1. The number of anilines is 1. The zero-order valence-corrected chi connectivity index (χ0v) is 8.33. The third kappa shape index (κ3) is 1.60. The Morgan fingerprint density at radius 1 is 1.50 bits per heavy atom. The summed E-state index contributed by atoms with van der Waals surface area (Å²) in [7, 11) is 2.09. The summed E-state index contributed by atoms with van der Waals surface area (Å²) in [6.07, 6.45) is 2.35. The van der Waals surface area contributed by atoms with E-state index in [1.54, 1.807) is 6.07 Å². The highest BCUT2D eigenvalue weighted by Crippen LogP contribution is 2.31. The van der Waals surface area contributed by atoms with E-state index in [4.69, 9.17) is 5.73 Å². The normalized spacial score (nSPS) is 22.9. The van der Waals surface area contributed by atoms with Gasteiger partial charge in [-0.25, -0.2) is 4.39 Å².